The van der Waals surface area contributed by atoms with E-state index in [4.69, 9.17) is 9.72 Å². The number of nitrogens with one attached hydrogen (secondary N) is 1. The Kier molecular flexibility index (Phi) is 2.74. The van der Waals surface area contributed by atoms with Crippen LogP contribution in [-0.4, -0.2) is 29.8 Å². The van der Waals surface area contributed by atoms with Gasteiger partial charge in [-0.25, -0.2) is 4.98 Å². The fourth-order valence-electron chi connectivity index (χ4n) is 3.14. The molecule has 0 bridgehead atoms. The Bertz CT molecular complexity index is 640. The van der Waals surface area contributed by atoms with Gasteiger partial charge in [0.25, 0.3) is 0 Å². The minimum Gasteiger partial charge on any atom is -0.497 e. The van der Waals surface area contributed by atoms with Crippen LogP contribution in [0.1, 0.15) is 37.5 Å². The Morgan fingerprint density at radius 3 is 2.75 bits per heavy atom. The highest BCUT2D eigenvalue weighted by atomic mass is 16.5. The molecule has 2 heterocycles. The zero-order chi connectivity index (χ0) is 13.7. The molecule has 0 radical (unpaired) electrons. The van der Waals surface area contributed by atoms with Gasteiger partial charge in [0.15, 0.2) is 0 Å². The molecule has 0 amide bonds. The van der Waals surface area contributed by atoms with E-state index in [1.165, 1.54) is 24.2 Å². The van der Waals surface area contributed by atoms with Crippen LogP contribution in [0.3, 0.4) is 0 Å². The summed E-state index contributed by atoms with van der Waals surface area (Å²) in [5.41, 5.74) is 2.34. The lowest BCUT2D eigenvalue weighted by Gasteiger charge is -2.32. The van der Waals surface area contributed by atoms with E-state index in [9.17, 15) is 0 Å². The maximum Gasteiger partial charge on any atom is 0.121 e. The van der Waals surface area contributed by atoms with Crippen LogP contribution in [0.4, 0.5) is 0 Å². The first kappa shape index (κ1) is 12.2. The third kappa shape index (κ3) is 1.82. The summed E-state index contributed by atoms with van der Waals surface area (Å²) >= 11 is 0. The van der Waals surface area contributed by atoms with Gasteiger partial charge in [0.1, 0.15) is 11.6 Å². The van der Waals surface area contributed by atoms with E-state index < -0.39 is 0 Å². The number of benzene rings is 1. The van der Waals surface area contributed by atoms with E-state index in [-0.39, 0.29) is 0 Å². The molecule has 1 unspecified atom stereocenters. The number of fused-ring (bicyclic) bond motifs is 1. The average molecular weight is 271 g/mol. The molecule has 4 heteroatoms. The molecule has 1 N–H and O–H groups in total. The second-order valence-corrected chi connectivity index (χ2v) is 6.13. The quantitative estimate of drug-likeness (QED) is 0.929. The van der Waals surface area contributed by atoms with Crippen molar-refractivity contribution in [2.24, 2.45) is 5.92 Å². The SMILES string of the molecule is COc1ccc2c(c1)nc(C(C)C1CNC1)n2C1CC1. The largest absolute Gasteiger partial charge is 0.497 e. The monoisotopic (exact) mass is 271 g/mol. The minimum absolute atomic E-state index is 0.523. The molecule has 0 spiro atoms. The summed E-state index contributed by atoms with van der Waals surface area (Å²) in [6, 6.07) is 6.93. The van der Waals surface area contributed by atoms with Crippen molar-refractivity contribution < 1.29 is 4.74 Å². The second-order valence-electron chi connectivity index (χ2n) is 6.13. The Labute approximate surface area is 119 Å². The highest BCUT2D eigenvalue weighted by Crippen LogP contribution is 2.42. The van der Waals surface area contributed by atoms with Gasteiger partial charge in [-0.2, -0.15) is 0 Å². The molecule has 1 aliphatic heterocycles. The maximum absolute atomic E-state index is 5.33. The molecule has 4 nitrogen and oxygen atoms in total. The molecule has 1 aliphatic carbocycles. The summed E-state index contributed by atoms with van der Waals surface area (Å²) in [4.78, 5) is 4.94. The van der Waals surface area contributed by atoms with Crippen LogP contribution in [0.5, 0.6) is 5.75 Å². The number of methoxy groups -OCH3 is 1. The Morgan fingerprint density at radius 1 is 1.35 bits per heavy atom. The summed E-state index contributed by atoms with van der Waals surface area (Å²) in [5.74, 6) is 3.41. The van der Waals surface area contributed by atoms with Crippen LogP contribution in [-0.2, 0) is 0 Å². The Balaban J connectivity index is 1.83. The van der Waals surface area contributed by atoms with Crippen LogP contribution < -0.4 is 10.1 Å². The van der Waals surface area contributed by atoms with Gasteiger partial charge in [-0.05, 0) is 44.0 Å². The lowest BCUT2D eigenvalue weighted by Crippen LogP contribution is -2.45. The van der Waals surface area contributed by atoms with Crippen LogP contribution >= 0.6 is 0 Å². The number of imidazole rings is 1. The van der Waals surface area contributed by atoms with E-state index in [2.05, 4.69) is 28.9 Å². The van der Waals surface area contributed by atoms with Crippen LogP contribution in [0.15, 0.2) is 18.2 Å². The van der Waals surface area contributed by atoms with Gasteiger partial charge < -0.3 is 14.6 Å². The summed E-state index contributed by atoms with van der Waals surface area (Å²) in [5, 5.41) is 3.37. The molecule has 2 fully saturated rings. The van der Waals surface area contributed by atoms with Crippen molar-refractivity contribution in [3.8, 4) is 5.75 Å². The van der Waals surface area contributed by atoms with Gasteiger partial charge in [0.05, 0.1) is 18.1 Å². The number of aromatic nitrogens is 2. The van der Waals surface area contributed by atoms with Crippen molar-refractivity contribution in [2.75, 3.05) is 20.2 Å². The summed E-state index contributed by atoms with van der Waals surface area (Å²) in [6.45, 7) is 4.57. The molecular formula is C16H21N3O. The van der Waals surface area contributed by atoms with E-state index in [0.29, 0.717) is 12.0 Å². The first-order chi connectivity index (χ1) is 9.78. The lowest BCUT2D eigenvalue weighted by atomic mass is 9.88. The normalized spacial score (nSPS) is 20.9. The average Bonchev–Trinajstić information content (AvgIpc) is 3.16. The molecule has 2 aromatic rings. The predicted molar refractivity (Wildman–Crippen MR) is 79.3 cm³/mol. The predicted octanol–water partition coefficient (Wildman–Crippen LogP) is 2.70. The molecule has 4 rings (SSSR count). The van der Waals surface area contributed by atoms with Crippen molar-refractivity contribution >= 4 is 11.0 Å². The number of hydrogen-bond acceptors (Lipinski definition) is 3. The minimum atomic E-state index is 0.523. The highest BCUT2D eigenvalue weighted by molar-refractivity contribution is 5.78. The van der Waals surface area contributed by atoms with Gasteiger partial charge in [-0.3, -0.25) is 0 Å². The molecular weight excluding hydrogens is 250 g/mol. The van der Waals surface area contributed by atoms with Crippen molar-refractivity contribution in [3.05, 3.63) is 24.0 Å². The molecule has 106 valence electrons. The van der Waals surface area contributed by atoms with Gasteiger partial charge in [0, 0.05) is 18.0 Å². The zero-order valence-electron chi connectivity index (χ0n) is 12.1. The molecule has 2 aliphatic rings. The Hall–Kier alpha value is -1.55. The van der Waals surface area contributed by atoms with Crippen LogP contribution in [0.25, 0.3) is 11.0 Å². The van der Waals surface area contributed by atoms with Gasteiger partial charge in [-0.1, -0.05) is 6.92 Å². The smallest absolute Gasteiger partial charge is 0.121 e. The molecule has 1 aromatic carbocycles. The van der Waals surface area contributed by atoms with Crippen molar-refractivity contribution in [3.63, 3.8) is 0 Å². The van der Waals surface area contributed by atoms with E-state index in [0.717, 1.165) is 30.3 Å². The summed E-state index contributed by atoms with van der Waals surface area (Å²) in [7, 11) is 1.71. The topological polar surface area (TPSA) is 39.1 Å². The van der Waals surface area contributed by atoms with Crippen LogP contribution in [0, 0.1) is 5.92 Å². The summed E-state index contributed by atoms with van der Waals surface area (Å²) in [6.07, 6.45) is 2.58. The van der Waals surface area contributed by atoms with Crippen LogP contribution in [0.2, 0.25) is 0 Å². The fourth-order valence-corrected chi connectivity index (χ4v) is 3.14. The number of ether oxygens (including phenoxy) is 1. The first-order valence-electron chi connectivity index (χ1n) is 7.54. The summed E-state index contributed by atoms with van der Waals surface area (Å²) < 4.78 is 7.81. The van der Waals surface area contributed by atoms with E-state index >= 15 is 0 Å². The van der Waals surface area contributed by atoms with E-state index in [1.807, 2.05) is 6.07 Å². The Morgan fingerprint density at radius 2 is 2.15 bits per heavy atom. The molecule has 1 atom stereocenters. The van der Waals surface area contributed by atoms with Crippen molar-refractivity contribution in [1.82, 2.24) is 14.9 Å². The zero-order valence-corrected chi connectivity index (χ0v) is 12.1. The van der Waals surface area contributed by atoms with Crippen molar-refractivity contribution in [2.45, 2.75) is 31.7 Å². The van der Waals surface area contributed by atoms with Crippen molar-refractivity contribution in [1.29, 1.82) is 0 Å². The first-order valence-corrected chi connectivity index (χ1v) is 7.54. The molecule has 1 saturated carbocycles. The third-order valence-electron chi connectivity index (χ3n) is 4.76. The number of rotatable bonds is 4. The fraction of sp³-hybridized carbons (Fsp3) is 0.562. The van der Waals surface area contributed by atoms with Gasteiger partial charge in [-0.15, -0.1) is 0 Å². The highest BCUT2D eigenvalue weighted by Gasteiger charge is 2.34. The lowest BCUT2D eigenvalue weighted by molar-refractivity contribution is 0.291. The third-order valence-corrected chi connectivity index (χ3v) is 4.76. The van der Waals surface area contributed by atoms with Gasteiger partial charge >= 0.3 is 0 Å². The molecule has 20 heavy (non-hydrogen) atoms. The van der Waals surface area contributed by atoms with Gasteiger partial charge in [0.2, 0.25) is 0 Å². The number of nitrogens with zero attached hydrogens (tertiary/aromatic N) is 2. The molecule has 1 saturated heterocycles. The number of hydrogen-bond donors (Lipinski definition) is 1. The standard InChI is InChI=1S/C16H21N3O/c1-10(11-8-17-9-11)16-18-14-7-13(20-2)5-6-15(14)19(16)12-3-4-12/h5-7,10-12,17H,3-4,8-9H2,1-2H3. The second kappa shape index (κ2) is 4.48. The maximum atomic E-state index is 5.33. The molecule has 1 aromatic heterocycles. The van der Waals surface area contributed by atoms with E-state index in [1.54, 1.807) is 7.11 Å².